The van der Waals surface area contributed by atoms with Crippen LogP contribution in [0.2, 0.25) is 72.5 Å². The van der Waals surface area contributed by atoms with Crippen molar-refractivity contribution in [3.8, 4) is 0 Å². The van der Waals surface area contributed by atoms with Crippen LogP contribution >= 0.6 is 122 Å². The minimum absolute atomic E-state index is 0. The molecule has 6 aliphatic heterocycles. The number of nitrogens with zero attached hydrogens (tertiary/aromatic N) is 1. The molecule has 0 saturated heterocycles. The van der Waals surface area contributed by atoms with E-state index in [1.165, 1.54) is 104 Å². The van der Waals surface area contributed by atoms with Crippen LogP contribution in [-0.2, 0) is 126 Å². The Hall–Kier alpha value is 4.71. The number of rotatable bonds is 9. The van der Waals surface area contributed by atoms with Gasteiger partial charge in [0.1, 0.15) is 0 Å². The molecule has 9 saturated carbocycles. The van der Waals surface area contributed by atoms with Crippen molar-refractivity contribution in [1.29, 1.82) is 0 Å². The monoisotopic (exact) mass is 2620 g/mol. The molecule has 0 spiro atoms. The molecule has 0 bridgehead atoms. The van der Waals surface area contributed by atoms with Gasteiger partial charge in [-0.25, -0.2) is 0 Å². The average molecular weight is 2630 g/mol. The molecule has 9 aliphatic carbocycles. The van der Waals surface area contributed by atoms with Crippen LogP contribution < -0.4 is 0 Å². The molecule has 119 heavy (non-hydrogen) atoms. The molecule has 7 heterocycles. The van der Waals surface area contributed by atoms with Crippen LogP contribution in [0.1, 0.15) is 170 Å². The summed E-state index contributed by atoms with van der Waals surface area (Å²) in [6.45, 7) is 40.6. The molecule has 25 atom stereocenters. The molecule has 0 amide bonds. The number of halogens is 6. The van der Waals surface area contributed by atoms with E-state index < -0.39 is 86.8 Å². The SMILES string of the molecule is CC1=CC2C3C=C(C)SC3C([Si](C)(C)C3[CH-]CC4C(c5c(C)cccc5C)CCCC43)C2S1.CC1=CC2C3C=C(C)SC3C([Si](C)(C)C3[CH-]CC4C(c5ccc(C)cc5)CCC(C)C43)C2S1.CC1=CC2C3C=C(C)SC3C([Si](C)(C)C3[CH-]CC4C(c5ccc6ccccc6n5)CCCC43)C2S1.[CH3-].[CH3-].[CH3-].[CH3-].[CH3-].[CH3-].[Cl][Zr+2][Cl].[Cl][Zr+2][Cl].[Cl][Zr+2][Cl].[W].[W].[W]. The van der Waals surface area contributed by atoms with Crippen LogP contribution in [0.3, 0.4) is 0 Å². The Morgan fingerprint density at radius 3 is 1.11 bits per heavy atom. The van der Waals surface area contributed by atoms with Gasteiger partial charge < -0.3 is 63.8 Å². The van der Waals surface area contributed by atoms with Gasteiger partial charge in [-0.3, -0.25) is 4.98 Å². The van der Waals surface area contributed by atoms with Gasteiger partial charge in [0.05, 0.1) is 5.52 Å². The van der Waals surface area contributed by atoms with E-state index in [2.05, 4.69) is 314 Å². The summed E-state index contributed by atoms with van der Waals surface area (Å²) >= 11 is 11.0. The smallest absolute Gasteiger partial charge is 0 e. The Balaban J connectivity index is 0.000000292. The van der Waals surface area contributed by atoms with Crippen molar-refractivity contribution in [2.45, 2.75) is 262 Å². The summed E-state index contributed by atoms with van der Waals surface area (Å²) in [6.07, 6.45) is 39.9. The molecule has 654 valence electrons. The zero-order chi connectivity index (χ0) is 78.2. The van der Waals surface area contributed by atoms with E-state index >= 15 is 0 Å². The van der Waals surface area contributed by atoms with Gasteiger partial charge in [0, 0.05) is 136 Å². The van der Waals surface area contributed by atoms with Crippen molar-refractivity contribution in [2.75, 3.05) is 0 Å². The number of benzene rings is 3. The fourth-order valence-electron chi connectivity index (χ4n) is 27.0. The third-order valence-corrected chi connectivity index (χ3v) is 55.2. The summed E-state index contributed by atoms with van der Waals surface area (Å²) in [5.74, 6) is 13.1. The van der Waals surface area contributed by atoms with E-state index in [0.29, 0.717) is 5.92 Å². The number of allylic oxidation sites excluding steroid dienone is 12. The Labute approximate surface area is 855 Å². The zero-order valence-electron chi connectivity index (χ0n) is 75.0. The summed E-state index contributed by atoms with van der Waals surface area (Å²) < 4.78 is 0. The molecule has 25 unspecified atom stereocenters. The Kier molecular flexibility index (Phi) is 47.5. The van der Waals surface area contributed by atoms with Crippen LogP contribution in [0.25, 0.3) is 10.9 Å². The van der Waals surface area contributed by atoms with Crippen molar-refractivity contribution < 1.29 is 126 Å². The molecule has 4 aromatic rings. The van der Waals surface area contributed by atoms with Crippen molar-refractivity contribution >= 4 is 157 Å². The van der Waals surface area contributed by atoms with Gasteiger partial charge >= 0.3 is 114 Å². The first-order chi connectivity index (χ1) is 52.7. The maximum absolute atomic E-state index is 5.20. The molecule has 22 heteroatoms. The number of aryl methyl sites for hydroxylation is 3. The second kappa shape index (κ2) is 49.5. The number of hydrogen-bond acceptors (Lipinski definition) is 7. The van der Waals surface area contributed by atoms with E-state index in [9.17, 15) is 0 Å². The number of pyridine rings is 1. The molecular weight excluding hydrogens is 2490 g/mol. The van der Waals surface area contributed by atoms with E-state index in [1.54, 1.807) is 40.6 Å². The second-order valence-electron chi connectivity index (χ2n) is 37.6. The van der Waals surface area contributed by atoms with Gasteiger partial charge in [-0.2, -0.15) is 35.9 Å². The Bertz CT molecular complexity index is 4020. The topological polar surface area (TPSA) is 12.9 Å². The molecule has 3 aromatic carbocycles. The molecule has 0 radical (unpaired) electrons. The number of aromatic nitrogens is 1. The summed E-state index contributed by atoms with van der Waals surface area (Å²) in [5, 5.41) is 6.33. The number of hydrogen-bond donors (Lipinski definition) is 0. The normalized spacial score (nSPS) is 36.1. The first kappa shape index (κ1) is 114. The third-order valence-electron chi connectivity index (χ3n) is 31.0. The molecule has 1 aromatic heterocycles. The molecule has 9 fully saturated rings. The minimum Gasteiger partial charge on any atom is 0 e. The largest absolute Gasteiger partial charge is 0 e. The first-order valence-electron chi connectivity index (χ1n) is 41.7. The number of thioether (sulfide) groups is 6. The van der Waals surface area contributed by atoms with Crippen LogP contribution in [0, 0.1) is 162 Å². The first-order valence-corrected chi connectivity index (χ1v) is 75.4. The fourth-order valence-corrected chi connectivity index (χ4v) is 57.9. The average Bonchev–Trinajstić information content (AvgIpc) is 1.57. The molecule has 0 N–H and O–H groups in total. The quantitative estimate of drug-likeness (QED) is 0.121. The van der Waals surface area contributed by atoms with Crippen LogP contribution in [0.5, 0.6) is 0 Å². The van der Waals surface area contributed by atoms with Crippen molar-refractivity contribution in [2.24, 2.45) is 76.9 Å². The predicted molar refractivity (Wildman–Crippen MR) is 531 cm³/mol. The van der Waals surface area contributed by atoms with Crippen LogP contribution in [0.15, 0.2) is 145 Å². The standard InChI is InChI=1S/C31H38NS2Si.2C30H41S2Si.6CH3.6ClH.3W.3Zr/c1-18-16-24-25-17-19(2)34-30(25)31(29(24)33-18)35(3,4)28-15-13-21-22(9-7-10-23(21)28)27-14-12-20-8-5-6-11-26(20)32-27;1-17-7-10-21(11-8-17)22-12-9-18(2)27-23(22)13-14-26(27)33(5,6)30-28-24(15-19(3)31-28)25-16-20(4)32-29(25)30;1-17-9-7-10-18(2)27(17)23-12-8-11-22-21(23)13-14-26(22)33(5,6)30-28-24(15-19(3)31-28)25-16-20(4)32-29(25)30;;;;;;;;;;;;;;;;;;/h5-6,8,11-12,14-17,21-25,28-31H,7,9-10,13H2,1-4H3;7-8,10-11,14-16,18,22-30H,9,12-13H2,1-6H3;7,9-10,14-16,21-26,28-30H,8,11-13H2,1-6H3;6*1H3;6*1H;;;;;;/q9*-1;;;;;;;;;;3*+4/p-6. The predicted octanol–water partition coefficient (Wildman–Crippen LogP) is 34.1. The molecule has 15 aliphatic rings. The van der Waals surface area contributed by atoms with Crippen molar-refractivity contribution in [3.05, 3.63) is 242 Å². The van der Waals surface area contributed by atoms with Gasteiger partial charge in [0.25, 0.3) is 0 Å². The van der Waals surface area contributed by atoms with Crippen molar-refractivity contribution in [3.63, 3.8) is 0 Å². The van der Waals surface area contributed by atoms with Gasteiger partial charge in [-0.05, 0) is 222 Å². The second-order valence-corrected chi connectivity index (χ2v) is 72.3. The van der Waals surface area contributed by atoms with Gasteiger partial charge in [0.15, 0.2) is 0 Å². The maximum atomic E-state index is 5.20. The van der Waals surface area contributed by atoms with E-state index in [0.717, 1.165) is 154 Å². The Morgan fingerprint density at radius 2 is 0.714 bits per heavy atom. The van der Waals surface area contributed by atoms with Crippen LogP contribution in [-0.4, -0.2) is 60.7 Å². The van der Waals surface area contributed by atoms with E-state index in [1.807, 2.05) is 0 Å². The van der Waals surface area contributed by atoms with Gasteiger partial charge in [-0.1, -0.05) is 216 Å². The van der Waals surface area contributed by atoms with Crippen molar-refractivity contribution in [1.82, 2.24) is 4.98 Å². The van der Waals surface area contributed by atoms with E-state index in [4.69, 9.17) is 56.1 Å². The van der Waals surface area contributed by atoms with Crippen LogP contribution in [0.4, 0.5) is 0 Å². The third kappa shape index (κ3) is 23.4. The number of fused-ring (bicyclic) bond motifs is 13. The summed E-state index contributed by atoms with van der Waals surface area (Å²) in [7, 11) is 25.0. The fraction of sp³-hybridized carbons (Fsp3) is 0.567. The van der Waals surface area contributed by atoms with Gasteiger partial charge in [-0.15, -0.1) is 70.6 Å². The molecule has 1 nitrogen and oxygen atoms in total. The Morgan fingerprint density at radius 1 is 0.370 bits per heavy atom. The molecule has 19 rings (SSSR count). The maximum Gasteiger partial charge on any atom is 0 e. The van der Waals surface area contributed by atoms with Gasteiger partial charge in [0.2, 0.25) is 0 Å². The summed E-state index contributed by atoms with van der Waals surface area (Å²) in [4.78, 5) is 14.8. The molecular formula is C97H138Cl6NS6Si3W3Zr3-3. The zero-order valence-corrected chi connectivity index (χ0v) is 104. The minimum atomic E-state index is -1.53. The summed E-state index contributed by atoms with van der Waals surface area (Å²) in [6, 6.07) is 29.9. The van der Waals surface area contributed by atoms with E-state index in [-0.39, 0.29) is 108 Å². The number of para-hydroxylation sites is 1. The summed E-state index contributed by atoms with van der Waals surface area (Å²) in [5.41, 5.74) is 15.8.